The normalized spacial score (nSPS) is 17.6. The van der Waals surface area contributed by atoms with E-state index in [4.69, 9.17) is 14.2 Å². The predicted octanol–water partition coefficient (Wildman–Crippen LogP) is 8.09. The van der Waals surface area contributed by atoms with Crippen molar-refractivity contribution in [3.63, 3.8) is 0 Å². The van der Waals surface area contributed by atoms with Crippen LogP contribution in [0.1, 0.15) is 68.8 Å². The third-order valence-electron chi connectivity index (χ3n) is 7.19. The molecule has 0 bridgehead atoms. The summed E-state index contributed by atoms with van der Waals surface area (Å²) in [5.74, 6) is 0.807. The first-order chi connectivity index (χ1) is 18.9. The second-order valence-corrected chi connectivity index (χ2v) is 11.4. The summed E-state index contributed by atoms with van der Waals surface area (Å²) in [4.78, 5) is 16.4. The van der Waals surface area contributed by atoms with E-state index in [0.29, 0.717) is 42.2 Å². The highest BCUT2D eigenvalue weighted by Crippen LogP contribution is 2.47. The number of ether oxygens (including phenoxy) is 3. The first-order valence-electron chi connectivity index (χ1n) is 13.0. The SMILES string of the molecule is COC(=O)N(Cc1cc(C(F)(F)F)cc(C(F)(F)F)c1)[C@H]1C[C@@H](C)N(CCC(C)(C)C)c2cc(OC)c(OC)cc21. The molecule has 2 aromatic rings. The van der Waals surface area contributed by atoms with E-state index >= 15 is 0 Å². The molecule has 2 atom stereocenters. The molecule has 1 aliphatic rings. The monoisotopic (exact) mass is 590 g/mol. The van der Waals surface area contributed by atoms with Gasteiger partial charge >= 0.3 is 18.4 Å². The molecule has 1 amide bonds. The summed E-state index contributed by atoms with van der Waals surface area (Å²) in [6.45, 7) is 8.42. The second kappa shape index (κ2) is 11.9. The Bertz CT molecular complexity index is 1210. The molecule has 0 saturated heterocycles. The molecule has 1 heterocycles. The van der Waals surface area contributed by atoms with Gasteiger partial charge in [-0.25, -0.2) is 4.79 Å². The van der Waals surface area contributed by atoms with Gasteiger partial charge < -0.3 is 19.1 Å². The van der Waals surface area contributed by atoms with Crippen LogP contribution < -0.4 is 14.4 Å². The summed E-state index contributed by atoms with van der Waals surface area (Å²) in [5, 5.41) is 0. The van der Waals surface area contributed by atoms with Crippen LogP contribution in [-0.2, 0) is 23.6 Å². The minimum absolute atomic E-state index is 0.0189. The van der Waals surface area contributed by atoms with E-state index in [1.165, 1.54) is 14.2 Å². The lowest BCUT2D eigenvalue weighted by Gasteiger charge is -2.45. The highest BCUT2D eigenvalue weighted by Gasteiger charge is 2.40. The Morgan fingerprint density at radius 3 is 1.90 bits per heavy atom. The standard InChI is InChI=1S/C29H36F6N2O4/c1-17-10-22(21-14-24(39-5)25(40-6)15-23(21)36(17)9-8-27(2,3)4)37(26(38)41-7)16-18-11-19(28(30,31)32)13-20(12-18)29(33,34)35/h11-15,17,22H,8-10,16H2,1-7H3/t17-,22+/m1/s1. The summed E-state index contributed by atoms with van der Waals surface area (Å²) in [5.41, 5.74) is -1.88. The summed E-state index contributed by atoms with van der Waals surface area (Å²) in [6.07, 6.45) is -9.75. The van der Waals surface area contributed by atoms with Crippen LogP contribution in [-0.4, -0.2) is 44.9 Å². The smallest absolute Gasteiger partial charge is 0.416 e. The molecule has 0 saturated carbocycles. The van der Waals surface area contributed by atoms with Gasteiger partial charge in [-0.3, -0.25) is 4.90 Å². The number of alkyl halides is 6. The van der Waals surface area contributed by atoms with E-state index in [9.17, 15) is 31.1 Å². The summed E-state index contributed by atoms with van der Waals surface area (Å²) < 4.78 is 97.3. The minimum atomic E-state index is -5.02. The fourth-order valence-electron chi connectivity index (χ4n) is 5.03. The van der Waals surface area contributed by atoms with E-state index < -0.39 is 42.2 Å². The fraction of sp³-hybridized carbons (Fsp3) is 0.552. The van der Waals surface area contributed by atoms with Crippen LogP contribution in [0, 0.1) is 5.41 Å². The van der Waals surface area contributed by atoms with E-state index in [-0.39, 0.29) is 23.1 Å². The van der Waals surface area contributed by atoms with Crippen molar-refractivity contribution in [3.05, 3.63) is 52.6 Å². The molecule has 0 radical (unpaired) electrons. The number of nitrogens with zero attached hydrogens (tertiary/aromatic N) is 2. The first kappa shape index (κ1) is 32.2. The van der Waals surface area contributed by atoms with Crippen molar-refractivity contribution in [3.8, 4) is 11.5 Å². The molecule has 0 aliphatic carbocycles. The number of carbonyl (C=O) groups is 1. The van der Waals surface area contributed by atoms with Crippen molar-refractivity contribution in [2.24, 2.45) is 5.41 Å². The number of hydrogen-bond donors (Lipinski definition) is 0. The zero-order valence-electron chi connectivity index (χ0n) is 24.2. The van der Waals surface area contributed by atoms with Gasteiger partial charge in [-0.05, 0) is 55.0 Å². The molecule has 12 heteroatoms. The number of hydrogen-bond acceptors (Lipinski definition) is 5. The van der Waals surface area contributed by atoms with Gasteiger partial charge in [0.15, 0.2) is 11.5 Å². The highest BCUT2D eigenvalue weighted by atomic mass is 19.4. The van der Waals surface area contributed by atoms with Gasteiger partial charge in [0.05, 0.1) is 38.5 Å². The van der Waals surface area contributed by atoms with Crippen LogP contribution >= 0.6 is 0 Å². The summed E-state index contributed by atoms with van der Waals surface area (Å²) in [7, 11) is 4.04. The Labute approximate surface area is 236 Å². The molecular weight excluding hydrogens is 554 g/mol. The third kappa shape index (κ3) is 7.51. The number of amides is 1. The van der Waals surface area contributed by atoms with E-state index in [1.807, 2.05) is 6.92 Å². The van der Waals surface area contributed by atoms with Crippen LogP contribution in [0.5, 0.6) is 11.5 Å². The molecule has 0 N–H and O–H groups in total. The third-order valence-corrected chi connectivity index (χ3v) is 7.19. The van der Waals surface area contributed by atoms with Crippen molar-refractivity contribution >= 4 is 11.8 Å². The van der Waals surface area contributed by atoms with Crippen LogP contribution in [0.3, 0.4) is 0 Å². The lowest BCUT2D eigenvalue weighted by atomic mass is 9.87. The van der Waals surface area contributed by atoms with E-state index in [0.717, 1.165) is 24.1 Å². The van der Waals surface area contributed by atoms with Crippen molar-refractivity contribution < 1.29 is 45.3 Å². The van der Waals surface area contributed by atoms with Gasteiger partial charge in [-0.2, -0.15) is 26.3 Å². The fourth-order valence-corrected chi connectivity index (χ4v) is 5.03. The largest absolute Gasteiger partial charge is 0.493 e. The van der Waals surface area contributed by atoms with Crippen molar-refractivity contribution in [2.45, 2.75) is 71.5 Å². The number of rotatable bonds is 7. The molecule has 0 unspecified atom stereocenters. The second-order valence-electron chi connectivity index (χ2n) is 11.4. The lowest BCUT2D eigenvalue weighted by molar-refractivity contribution is -0.143. The predicted molar refractivity (Wildman–Crippen MR) is 142 cm³/mol. The Balaban J connectivity index is 2.17. The zero-order chi connectivity index (χ0) is 30.9. The Kier molecular flexibility index (Phi) is 9.34. The van der Waals surface area contributed by atoms with Gasteiger partial charge in [0.25, 0.3) is 0 Å². The van der Waals surface area contributed by atoms with Gasteiger partial charge in [0.2, 0.25) is 0 Å². The number of fused-ring (bicyclic) bond motifs is 1. The molecule has 6 nitrogen and oxygen atoms in total. The molecule has 41 heavy (non-hydrogen) atoms. The molecule has 3 rings (SSSR count). The zero-order valence-corrected chi connectivity index (χ0v) is 24.2. The number of methoxy groups -OCH3 is 3. The van der Waals surface area contributed by atoms with E-state index in [1.54, 1.807) is 12.1 Å². The van der Waals surface area contributed by atoms with Crippen molar-refractivity contribution in [1.82, 2.24) is 4.90 Å². The Hall–Kier alpha value is -3.31. The van der Waals surface area contributed by atoms with Gasteiger partial charge in [-0.1, -0.05) is 20.8 Å². The van der Waals surface area contributed by atoms with Crippen LogP contribution in [0.2, 0.25) is 0 Å². The molecule has 1 aliphatic heterocycles. The first-order valence-corrected chi connectivity index (χ1v) is 13.0. The number of benzene rings is 2. The number of anilines is 1. The molecule has 2 aromatic carbocycles. The maximum Gasteiger partial charge on any atom is 0.416 e. The van der Waals surface area contributed by atoms with Gasteiger partial charge in [-0.15, -0.1) is 0 Å². The van der Waals surface area contributed by atoms with Crippen LogP contribution in [0.25, 0.3) is 0 Å². The summed E-state index contributed by atoms with van der Waals surface area (Å²) in [6, 6.07) is 3.90. The maximum atomic E-state index is 13.6. The average molecular weight is 591 g/mol. The summed E-state index contributed by atoms with van der Waals surface area (Å²) >= 11 is 0. The van der Waals surface area contributed by atoms with Gasteiger partial charge in [0, 0.05) is 36.4 Å². The Morgan fingerprint density at radius 2 is 1.44 bits per heavy atom. The molecule has 0 fully saturated rings. The average Bonchev–Trinajstić information content (AvgIpc) is 2.87. The van der Waals surface area contributed by atoms with Crippen molar-refractivity contribution in [1.29, 1.82) is 0 Å². The highest BCUT2D eigenvalue weighted by molar-refractivity contribution is 5.71. The lowest BCUT2D eigenvalue weighted by Crippen LogP contribution is -2.45. The number of halogens is 6. The van der Waals surface area contributed by atoms with Crippen LogP contribution in [0.15, 0.2) is 30.3 Å². The molecule has 0 spiro atoms. The quantitative estimate of drug-likeness (QED) is 0.305. The minimum Gasteiger partial charge on any atom is -0.493 e. The maximum absolute atomic E-state index is 13.6. The van der Waals surface area contributed by atoms with E-state index in [2.05, 4.69) is 25.7 Å². The van der Waals surface area contributed by atoms with Crippen LogP contribution in [0.4, 0.5) is 36.8 Å². The number of carbonyl (C=O) groups excluding carboxylic acids is 1. The molecule has 0 aromatic heterocycles. The molecular formula is C29H36F6N2O4. The Morgan fingerprint density at radius 1 is 0.902 bits per heavy atom. The van der Waals surface area contributed by atoms with Crippen molar-refractivity contribution in [2.75, 3.05) is 32.8 Å². The van der Waals surface area contributed by atoms with Gasteiger partial charge in [0.1, 0.15) is 0 Å². The topological polar surface area (TPSA) is 51.2 Å². The molecule has 228 valence electrons.